The predicted octanol–water partition coefficient (Wildman–Crippen LogP) is 3.32. The fourth-order valence-corrected chi connectivity index (χ4v) is 4.69. The highest BCUT2D eigenvalue weighted by molar-refractivity contribution is 8.00. The van der Waals surface area contributed by atoms with Crippen LogP contribution in [0.15, 0.2) is 34.5 Å². The molecule has 2 heterocycles. The summed E-state index contributed by atoms with van der Waals surface area (Å²) in [5.41, 5.74) is 2.32. The smallest absolute Gasteiger partial charge is 0.226 e. The third-order valence-corrected chi connectivity index (χ3v) is 6.44. The minimum Gasteiger partial charge on any atom is -0.361 e. The second-order valence-electron chi connectivity index (χ2n) is 5.74. The molecule has 122 valence electrons. The van der Waals surface area contributed by atoms with E-state index in [4.69, 9.17) is 0 Å². The molecule has 1 aliphatic rings. The van der Waals surface area contributed by atoms with Crippen LogP contribution in [0.25, 0.3) is 0 Å². The lowest BCUT2D eigenvalue weighted by atomic mass is 10.1. The normalized spacial score (nSPS) is 20.2. The van der Waals surface area contributed by atoms with Gasteiger partial charge in [0.1, 0.15) is 5.01 Å². The van der Waals surface area contributed by atoms with E-state index in [1.54, 1.807) is 18.4 Å². The predicted molar refractivity (Wildman–Crippen MR) is 97.3 cm³/mol. The minimum absolute atomic E-state index is 0.00704. The molecule has 0 aliphatic carbocycles. The molecule has 4 nitrogen and oxygen atoms in total. The van der Waals surface area contributed by atoms with E-state index in [2.05, 4.69) is 58.7 Å². The summed E-state index contributed by atoms with van der Waals surface area (Å²) in [5.74, 6) is 0.00704. The highest BCUT2D eigenvalue weighted by Gasteiger charge is 2.29. The Hall–Kier alpha value is -1.53. The van der Waals surface area contributed by atoms with E-state index in [1.807, 2.05) is 11.8 Å². The number of rotatable bonds is 4. The molecule has 1 aromatic heterocycles. The SMILES string of the molecule is CNC(=O)Cc1nc(CN2c3ccccc3S[C@H](C)[C@@H]2C)cs1. The fraction of sp³-hybridized carbons (Fsp3) is 0.412. The zero-order valence-electron chi connectivity index (χ0n) is 13.6. The Morgan fingerprint density at radius 1 is 1.35 bits per heavy atom. The van der Waals surface area contributed by atoms with Crippen molar-refractivity contribution < 1.29 is 4.79 Å². The van der Waals surface area contributed by atoms with Crippen molar-refractivity contribution in [2.75, 3.05) is 11.9 Å². The molecule has 0 saturated carbocycles. The van der Waals surface area contributed by atoms with Crippen molar-refractivity contribution in [3.63, 3.8) is 0 Å². The van der Waals surface area contributed by atoms with Gasteiger partial charge in [-0.2, -0.15) is 0 Å². The second-order valence-corrected chi connectivity index (χ2v) is 8.10. The molecule has 23 heavy (non-hydrogen) atoms. The highest BCUT2D eigenvalue weighted by Crippen LogP contribution is 2.41. The van der Waals surface area contributed by atoms with Crippen LogP contribution in [0, 0.1) is 0 Å². The Kier molecular flexibility index (Phi) is 4.92. The molecule has 0 fully saturated rings. The van der Waals surface area contributed by atoms with E-state index in [-0.39, 0.29) is 5.91 Å². The van der Waals surface area contributed by atoms with Crippen molar-refractivity contribution in [2.45, 2.75) is 43.0 Å². The summed E-state index contributed by atoms with van der Waals surface area (Å²) in [4.78, 5) is 19.9. The number of carbonyl (C=O) groups is 1. The summed E-state index contributed by atoms with van der Waals surface area (Å²) in [7, 11) is 1.66. The van der Waals surface area contributed by atoms with Crippen molar-refractivity contribution in [3.05, 3.63) is 40.3 Å². The van der Waals surface area contributed by atoms with Crippen molar-refractivity contribution >= 4 is 34.7 Å². The van der Waals surface area contributed by atoms with Crippen LogP contribution in [0.5, 0.6) is 0 Å². The topological polar surface area (TPSA) is 45.2 Å². The molecule has 3 rings (SSSR count). The Bertz CT molecular complexity index is 701. The van der Waals surface area contributed by atoms with Crippen LogP contribution in [0.2, 0.25) is 0 Å². The van der Waals surface area contributed by atoms with Crippen molar-refractivity contribution in [2.24, 2.45) is 0 Å². The first-order valence-electron chi connectivity index (χ1n) is 7.74. The van der Waals surface area contributed by atoms with Gasteiger partial charge in [-0.25, -0.2) is 4.98 Å². The van der Waals surface area contributed by atoms with Gasteiger partial charge in [0.15, 0.2) is 0 Å². The van der Waals surface area contributed by atoms with Crippen molar-refractivity contribution in [1.29, 1.82) is 0 Å². The van der Waals surface area contributed by atoms with Crippen LogP contribution in [0.1, 0.15) is 24.5 Å². The lowest BCUT2D eigenvalue weighted by Crippen LogP contribution is -2.41. The number of carbonyl (C=O) groups excluding carboxylic acids is 1. The number of hydrogen-bond donors (Lipinski definition) is 1. The molecule has 1 aromatic carbocycles. The van der Waals surface area contributed by atoms with E-state index < -0.39 is 0 Å². The number of benzene rings is 1. The fourth-order valence-electron chi connectivity index (χ4n) is 2.70. The highest BCUT2D eigenvalue weighted by atomic mass is 32.2. The Morgan fingerprint density at radius 2 is 2.13 bits per heavy atom. The molecule has 1 aliphatic heterocycles. The summed E-state index contributed by atoms with van der Waals surface area (Å²) >= 11 is 3.50. The summed E-state index contributed by atoms with van der Waals surface area (Å²) in [6, 6.07) is 9.00. The maximum atomic E-state index is 11.5. The van der Waals surface area contributed by atoms with Crippen LogP contribution < -0.4 is 10.2 Å². The number of thiazole rings is 1. The molecule has 2 aromatic rings. The van der Waals surface area contributed by atoms with Gasteiger partial charge < -0.3 is 10.2 Å². The molecule has 1 N–H and O–H groups in total. The van der Waals surface area contributed by atoms with E-state index in [1.165, 1.54) is 10.6 Å². The summed E-state index contributed by atoms with van der Waals surface area (Å²) in [5, 5.41) is 6.12. The lowest BCUT2D eigenvalue weighted by molar-refractivity contribution is -0.119. The largest absolute Gasteiger partial charge is 0.361 e. The third kappa shape index (κ3) is 3.53. The Labute approximate surface area is 145 Å². The average molecular weight is 348 g/mol. The zero-order valence-corrected chi connectivity index (χ0v) is 15.2. The lowest BCUT2D eigenvalue weighted by Gasteiger charge is -2.40. The Balaban J connectivity index is 1.80. The number of likely N-dealkylation sites (N-methyl/N-ethyl adjacent to an activating group) is 1. The van der Waals surface area contributed by atoms with E-state index in [0.717, 1.165) is 17.2 Å². The van der Waals surface area contributed by atoms with Crippen LogP contribution in [-0.2, 0) is 17.8 Å². The molecule has 6 heteroatoms. The molecular formula is C17H21N3OS2. The van der Waals surface area contributed by atoms with Crippen LogP contribution in [-0.4, -0.2) is 29.2 Å². The molecule has 0 unspecified atom stereocenters. The minimum atomic E-state index is 0.00704. The number of hydrogen-bond acceptors (Lipinski definition) is 5. The van der Waals surface area contributed by atoms with E-state index >= 15 is 0 Å². The standard InChI is InChI=1S/C17H21N3OS2/c1-11-12(2)23-15-7-5-4-6-14(15)20(11)9-13-10-22-17(19-13)8-16(21)18-3/h4-7,10-12H,8-9H2,1-3H3,(H,18,21)/t11-,12+/m0/s1. The number of aromatic nitrogens is 1. The molecular weight excluding hydrogens is 326 g/mol. The number of nitrogens with one attached hydrogen (secondary N) is 1. The molecule has 1 amide bonds. The average Bonchev–Trinajstić information content (AvgIpc) is 2.98. The van der Waals surface area contributed by atoms with Gasteiger partial charge in [-0.15, -0.1) is 23.1 Å². The van der Waals surface area contributed by atoms with Gasteiger partial charge in [-0.1, -0.05) is 19.1 Å². The number of fused-ring (bicyclic) bond motifs is 1. The maximum Gasteiger partial charge on any atom is 0.226 e. The number of nitrogens with zero attached hydrogens (tertiary/aromatic N) is 2. The van der Waals surface area contributed by atoms with Gasteiger partial charge >= 0.3 is 0 Å². The van der Waals surface area contributed by atoms with E-state index in [0.29, 0.717) is 17.7 Å². The molecule has 0 spiro atoms. The van der Waals surface area contributed by atoms with Crippen LogP contribution in [0.4, 0.5) is 5.69 Å². The second kappa shape index (κ2) is 6.93. The maximum absolute atomic E-state index is 11.5. The van der Waals surface area contributed by atoms with Crippen LogP contribution >= 0.6 is 23.1 Å². The van der Waals surface area contributed by atoms with Crippen molar-refractivity contribution in [1.82, 2.24) is 10.3 Å². The quantitative estimate of drug-likeness (QED) is 0.921. The van der Waals surface area contributed by atoms with Gasteiger partial charge in [0.05, 0.1) is 24.3 Å². The summed E-state index contributed by atoms with van der Waals surface area (Å²) in [6.45, 7) is 5.33. The molecule has 0 radical (unpaired) electrons. The number of thioether (sulfide) groups is 1. The summed E-state index contributed by atoms with van der Waals surface area (Å²) < 4.78 is 0. The first kappa shape index (κ1) is 16.3. The van der Waals surface area contributed by atoms with E-state index in [9.17, 15) is 4.79 Å². The zero-order chi connectivity index (χ0) is 16.4. The number of para-hydroxylation sites is 1. The van der Waals surface area contributed by atoms with Gasteiger partial charge in [0, 0.05) is 28.6 Å². The molecule has 2 atom stereocenters. The monoisotopic (exact) mass is 347 g/mol. The molecule has 0 bridgehead atoms. The van der Waals surface area contributed by atoms with Gasteiger partial charge in [0.2, 0.25) is 5.91 Å². The molecule has 0 saturated heterocycles. The van der Waals surface area contributed by atoms with Gasteiger partial charge in [-0.05, 0) is 19.1 Å². The Morgan fingerprint density at radius 3 is 2.91 bits per heavy atom. The summed E-state index contributed by atoms with van der Waals surface area (Å²) in [6.07, 6.45) is 0.361. The number of anilines is 1. The first-order valence-corrected chi connectivity index (χ1v) is 9.50. The third-order valence-electron chi connectivity index (χ3n) is 4.18. The first-order chi connectivity index (χ1) is 11.1. The van der Waals surface area contributed by atoms with Crippen molar-refractivity contribution in [3.8, 4) is 0 Å². The van der Waals surface area contributed by atoms with Gasteiger partial charge in [0.25, 0.3) is 0 Å². The van der Waals surface area contributed by atoms with Gasteiger partial charge in [-0.3, -0.25) is 4.79 Å². The van der Waals surface area contributed by atoms with Crippen LogP contribution in [0.3, 0.4) is 0 Å². The number of amides is 1.